The van der Waals surface area contributed by atoms with Crippen LogP contribution in [0.3, 0.4) is 0 Å². The van der Waals surface area contributed by atoms with E-state index < -0.39 is 0 Å². The molecule has 8 heteroatoms. The molecule has 0 bridgehead atoms. The molecule has 7 nitrogen and oxygen atoms in total. The summed E-state index contributed by atoms with van der Waals surface area (Å²) in [5.41, 5.74) is 0.654. The number of benzene rings is 2. The summed E-state index contributed by atoms with van der Waals surface area (Å²) in [6.45, 7) is 0.342. The van der Waals surface area contributed by atoms with Crippen LogP contribution < -0.4 is 10.1 Å². The summed E-state index contributed by atoms with van der Waals surface area (Å²) in [7, 11) is 1.58. The number of rotatable bonds is 7. The Morgan fingerprint density at radius 2 is 1.68 bits per heavy atom. The van der Waals surface area contributed by atoms with Crippen molar-refractivity contribution in [3.63, 3.8) is 0 Å². The molecule has 0 spiro atoms. The number of hydrogen-bond acceptors (Lipinski definition) is 4. The quantitative estimate of drug-likeness (QED) is 0.656. The summed E-state index contributed by atoms with van der Waals surface area (Å²) < 4.78 is 6.71. The molecule has 1 aliphatic heterocycles. The minimum absolute atomic E-state index is 0.0969. The lowest BCUT2D eigenvalue weighted by Crippen LogP contribution is -2.32. The molecule has 1 aliphatic rings. The van der Waals surface area contributed by atoms with Gasteiger partial charge in [-0.3, -0.25) is 14.5 Å². The summed E-state index contributed by atoms with van der Waals surface area (Å²) in [5, 5.41) is 2.80. The molecule has 0 radical (unpaired) electrons. The third-order valence-electron chi connectivity index (χ3n) is 4.20. The van der Waals surface area contributed by atoms with E-state index in [1.807, 2.05) is 24.3 Å². The Balaban J connectivity index is 1.44. The van der Waals surface area contributed by atoms with Crippen LogP contribution in [0.5, 0.6) is 11.5 Å². The maximum Gasteiger partial charge on any atom is 0.326 e. The lowest BCUT2D eigenvalue weighted by molar-refractivity contribution is -0.125. The molecule has 0 aliphatic carbocycles. The second-order valence-corrected chi connectivity index (χ2v) is 7.33. The number of ether oxygens (including phenoxy) is 1. The Morgan fingerprint density at radius 3 is 2.25 bits per heavy atom. The Morgan fingerprint density at radius 1 is 1.07 bits per heavy atom. The van der Waals surface area contributed by atoms with E-state index >= 15 is 0 Å². The number of nitrogens with one attached hydrogen (secondary N) is 1. The number of hydrogen-bond donors (Lipinski definition) is 1. The van der Waals surface area contributed by atoms with Gasteiger partial charge in [-0.15, -0.1) is 0 Å². The van der Waals surface area contributed by atoms with Gasteiger partial charge in [-0.2, -0.15) is 0 Å². The van der Waals surface area contributed by atoms with Gasteiger partial charge in [-0.05, 0) is 55.0 Å². The molecule has 0 aromatic heterocycles. The zero-order chi connectivity index (χ0) is 20.1. The van der Waals surface area contributed by atoms with Crippen LogP contribution in [0.25, 0.3) is 0 Å². The number of halogens is 1. The van der Waals surface area contributed by atoms with Crippen molar-refractivity contribution in [2.24, 2.45) is 0 Å². The van der Waals surface area contributed by atoms with Crippen molar-refractivity contribution in [1.29, 1.82) is 0 Å². The van der Waals surface area contributed by atoms with Crippen molar-refractivity contribution >= 4 is 39.5 Å². The largest absolute Gasteiger partial charge is 0.457 e. The first-order chi connectivity index (χ1) is 13.4. The van der Waals surface area contributed by atoms with Gasteiger partial charge in [0.05, 0.1) is 0 Å². The summed E-state index contributed by atoms with van der Waals surface area (Å²) in [5.74, 6) is 0.982. The molecule has 1 N–H and O–H groups in total. The highest BCUT2D eigenvalue weighted by atomic mass is 79.9. The average molecular weight is 446 g/mol. The molecule has 146 valence electrons. The number of urea groups is 1. The molecule has 1 saturated heterocycles. The van der Waals surface area contributed by atoms with E-state index in [0.717, 1.165) is 10.2 Å². The fraction of sp³-hybridized carbons (Fsp3) is 0.250. The van der Waals surface area contributed by atoms with Crippen LogP contribution in [0.4, 0.5) is 10.5 Å². The maximum atomic E-state index is 12.1. The van der Waals surface area contributed by atoms with Crippen molar-refractivity contribution in [2.45, 2.75) is 12.8 Å². The minimum Gasteiger partial charge on any atom is -0.457 e. The van der Waals surface area contributed by atoms with Gasteiger partial charge < -0.3 is 15.0 Å². The lowest BCUT2D eigenvalue weighted by Gasteiger charge is -2.13. The molecule has 0 atom stereocenters. The molecule has 2 aromatic carbocycles. The molecule has 1 heterocycles. The van der Waals surface area contributed by atoms with E-state index in [1.165, 1.54) is 9.80 Å². The fourth-order valence-electron chi connectivity index (χ4n) is 2.76. The minimum atomic E-state index is -0.313. The predicted molar refractivity (Wildman–Crippen MR) is 108 cm³/mol. The summed E-state index contributed by atoms with van der Waals surface area (Å²) in [6, 6.07) is 14.2. The molecule has 0 unspecified atom stereocenters. The molecule has 2 aromatic rings. The Labute approximate surface area is 171 Å². The highest BCUT2D eigenvalue weighted by molar-refractivity contribution is 9.10. The highest BCUT2D eigenvalue weighted by Crippen LogP contribution is 2.24. The van der Waals surface area contributed by atoms with Gasteiger partial charge in [-0.25, -0.2) is 4.79 Å². The fourth-order valence-corrected chi connectivity index (χ4v) is 3.02. The smallest absolute Gasteiger partial charge is 0.326 e. The van der Waals surface area contributed by atoms with Crippen molar-refractivity contribution in [2.75, 3.05) is 25.5 Å². The summed E-state index contributed by atoms with van der Waals surface area (Å²) in [6.07, 6.45) is 0.639. The first-order valence-electron chi connectivity index (χ1n) is 8.81. The van der Waals surface area contributed by atoms with Gasteiger partial charge in [0.15, 0.2) is 0 Å². The second kappa shape index (κ2) is 8.88. The van der Waals surface area contributed by atoms with E-state index in [-0.39, 0.29) is 37.4 Å². The van der Waals surface area contributed by atoms with Gasteiger partial charge in [0.25, 0.3) is 0 Å². The molecule has 3 rings (SSSR count). The van der Waals surface area contributed by atoms with Gasteiger partial charge in [-0.1, -0.05) is 15.9 Å². The van der Waals surface area contributed by atoms with Gasteiger partial charge in [0, 0.05) is 30.2 Å². The van der Waals surface area contributed by atoms with Gasteiger partial charge in [0.1, 0.15) is 18.0 Å². The molecule has 0 saturated carbocycles. The number of likely N-dealkylation sites (N-methyl/N-ethyl adjacent to an activating group) is 1. The molecular weight excluding hydrogens is 426 g/mol. The number of imide groups is 1. The van der Waals surface area contributed by atoms with Crippen molar-refractivity contribution in [3.8, 4) is 11.5 Å². The third-order valence-corrected chi connectivity index (χ3v) is 4.73. The van der Waals surface area contributed by atoms with Crippen molar-refractivity contribution < 1.29 is 19.1 Å². The van der Waals surface area contributed by atoms with Crippen LogP contribution in [-0.2, 0) is 9.59 Å². The number of nitrogens with zero attached hydrogens (tertiary/aromatic N) is 2. The van der Waals surface area contributed by atoms with Gasteiger partial charge >= 0.3 is 6.03 Å². The number of carbonyl (C=O) groups is 3. The van der Waals surface area contributed by atoms with Crippen molar-refractivity contribution in [1.82, 2.24) is 9.80 Å². The zero-order valence-electron chi connectivity index (χ0n) is 15.4. The molecule has 4 amide bonds. The van der Waals surface area contributed by atoms with E-state index in [1.54, 1.807) is 31.3 Å². The Bertz CT molecular complexity index is 868. The normalized spacial score (nSPS) is 13.8. The Kier molecular flexibility index (Phi) is 6.30. The summed E-state index contributed by atoms with van der Waals surface area (Å²) in [4.78, 5) is 38.1. The monoisotopic (exact) mass is 445 g/mol. The molecule has 1 fully saturated rings. The first kappa shape index (κ1) is 19.9. The van der Waals surface area contributed by atoms with Crippen LogP contribution >= 0.6 is 15.9 Å². The number of carbonyl (C=O) groups excluding carboxylic acids is 3. The number of amides is 4. The van der Waals surface area contributed by atoms with E-state index in [2.05, 4.69) is 21.2 Å². The predicted octanol–water partition coefficient (Wildman–Crippen LogP) is 3.85. The van der Waals surface area contributed by atoms with Gasteiger partial charge in [0.2, 0.25) is 11.8 Å². The van der Waals surface area contributed by atoms with Crippen LogP contribution in [0.2, 0.25) is 0 Å². The Hall–Kier alpha value is -2.87. The second-order valence-electron chi connectivity index (χ2n) is 6.42. The zero-order valence-corrected chi connectivity index (χ0v) is 16.9. The maximum absolute atomic E-state index is 12.1. The average Bonchev–Trinajstić information content (AvgIpc) is 2.91. The van der Waals surface area contributed by atoms with Crippen LogP contribution in [-0.4, -0.2) is 47.8 Å². The molecular formula is C20H20BrN3O4. The molecule has 28 heavy (non-hydrogen) atoms. The lowest BCUT2D eigenvalue weighted by atomic mass is 10.2. The van der Waals surface area contributed by atoms with Crippen molar-refractivity contribution in [3.05, 3.63) is 53.0 Å². The van der Waals surface area contributed by atoms with E-state index in [0.29, 0.717) is 17.9 Å². The van der Waals surface area contributed by atoms with Crippen LogP contribution in [0.1, 0.15) is 12.8 Å². The number of anilines is 1. The SMILES string of the molecule is CN1CC(=O)N(CCCC(=O)Nc2ccc(Oc3ccc(Br)cc3)cc2)C1=O. The first-order valence-corrected chi connectivity index (χ1v) is 9.60. The van der Waals surface area contributed by atoms with Crippen LogP contribution in [0.15, 0.2) is 53.0 Å². The van der Waals surface area contributed by atoms with E-state index in [4.69, 9.17) is 4.74 Å². The van der Waals surface area contributed by atoms with Crippen LogP contribution in [0, 0.1) is 0 Å². The summed E-state index contributed by atoms with van der Waals surface area (Å²) >= 11 is 3.37. The standard InChI is InChI=1S/C20H20BrN3O4/c1-23-13-19(26)24(20(23)27)12-2-3-18(25)22-15-6-10-17(11-7-15)28-16-8-4-14(21)5-9-16/h4-11H,2-3,12-13H2,1H3,(H,22,25). The van der Waals surface area contributed by atoms with E-state index in [9.17, 15) is 14.4 Å². The third kappa shape index (κ3) is 5.10. The highest BCUT2D eigenvalue weighted by Gasteiger charge is 2.32. The topological polar surface area (TPSA) is 79.0 Å².